The second kappa shape index (κ2) is 8.71. The summed E-state index contributed by atoms with van der Waals surface area (Å²) in [5.74, 6) is -0.498. The molecule has 152 valence electrons. The number of sulfonamides is 1. The maximum absolute atomic E-state index is 12.5. The zero-order chi connectivity index (χ0) is 21.2. The van der Waals surface area contributed by atoms with Crippen molar-refractivity contribution in [2.45, 2.75) is 6.92 Å². The smallest absolute Gasteiger partial charge is 0.246 e. The first-order valence-corrected chi connectivity index (χ1v) is 11.9. The van der Waals surface area contributed by atoms with Crippen molar-refractivity contribution in [2.24, 2.45) is 0 Å². The number of hydrogen-bond acceptors (Lipinski definition) is 5. The number of amides is 1. The molecule has 1 aromatic heterocycles. The first-order chi connectivity index (χ1) is 13.6. The fourth-order valence-electron chi connectivity index (χ4n) is 2.67. The SMILES string of the molecule is Cc1ccccc1N(CC(=O)Nc1nc(-c2ccc(Cl)cc2Cl)cs1)S(C)(=O)=O. The minimum atomic E-state index is -3.65. The predicted molar refractivity (Wildman–Crippen MR) is 120 cm³/mol. The summed E-state index contributed by atoms with van der Waals surface area (Å²) in [5.41, 5.74) is 2.48. The second-order valence-corrected chi connectivity index (χ2v) is 9.87. The Hall–Kier alpha value is -2.13. The van der Waals surface area contributed by atoms with Gasteiger partial charge in [-0.15, -0.1) is 11.3 Å². The van der Waals surface area contributed by atoms with Crippen LogP contribution < -0.4 is 9.62 Å². The molecule has 1 amide bonds. The third-order valence-electron chi connectivity index (χ3n) is 4.03. The Bertz CT molecular complexity index is 1160. The molecule has 0 aliphatic rings. The molecule has 0 bridgehead atoms. The first kappa shape index (κ1) is 21.6. The number of para-hydroxylation sites is 1. The van der Waals surface area contributed by atoms with Gasteiger partial charge in [-0.3, -0.25) is 9.10 Å². The Morgan fingerprint density at radius 1 is 1.21 bits per heavy atom. The molecule has 2 aromatic carbocycles. The van der Waals surface area contributed by atoms with Gasteiger partial charge in [0.1, 0.15) is 6.54 Å². The van der Waals surface area contributed by atoms with Crippen LogP contribution in [-0.4, -0.2) is 32.1 Å². The summed E-state index contributed by atoms with van der Waals surface area (Å²) in [4.78, 5) is 16.9. The third kappa shape index (κ3) is 5.27. The van der Waals surface area contributed by atoms with Crippen molar-refractivity contribution < 1.29 is 13.2 Å². The molecule has 29 heavy (non-hydrogen) atoms. The first-order valence-electron chi connectivity index (χ1n) is 8.39. The summed E-state index contributed by atoms with van der Waals surface area (Å²) >= 11 is 13.3. The van der Waals surface area contributed by atoms with Gasteiger partial charge in [-0.2, -0.15) is 0 Å². The number of nitrogens with zero attached hydrogens (tertiary/aromatic N) is 2. The average Bonchev–Trinajstić information content (AvgIpc) is 3.07. The summed E-state index contributed by atoms with van der Waals surface area (Å²) in [6.07, 6.45) is 1.07. The normalized spacial score (nSPS) is 11.3. The number of carbonyl (C=O) groups is 1. The Morgan fingerprint density at radius 3 is 2.59 bits per heavy atom. The molecule has 6 nitrogen and oxygen atoms in total. The highest BCUT2D eigenvalue weighted by Gasteiger charge is 2.22. The van der Waals surface area contributed by atoms with Crippen molar-refractivity contribution >= 4 is 61.3 Å². The summed E-state index contributed by atoms with van der Waals surface area (Å²) < 4.78 is 25.5. The Kier molecular flexibility index (Phi) is 6.48. The average molecular weight is 470 g/mol. The van der Waals surface area contributed by atoms with E-state index in [-0.39, 0.29) is 6.54 Å². The number of anilines is 2. The molecule has 1 heterocycles. The van der Waals surface area contributed by atoms with E-state index >= 15 is 0 Å². The van der Waals surface area contributed by atoms with E-state index in [1.807, 2.05) is 0 Å². The van der Waals surface area contributed by atoms with Crippen molar-refractivity contribution in [1.82, 2.24) is 4.98 Å². The molecule has 0 saturated carbocycles. The van der Waals surface area contributed by atoms with Gasteiger partial charge >= 0.3 is 0 Å². The molecule has 1 N–H and O–H groups in total. The minimum absolute atomic E-state index is 0.342. The quantitative estimate of drug-likeness (QED) is 0.560. The molecule has 0 saturated heterocycles. The van der Waals surface area contributed by atoms with Gasteiger partial charge in [-0.05, 0) is 36.8 Å². The van der Waals surface area contributed by atoms with Gasteiger partial charge in [0.2, 0.25) is 15.9 Å². The molecule has 0 atom stereocenters. The Balaban J connectivity index is 1.78. The van der Waals surface area contributed by atoms with Crippen LogP contribution >= 0.6 is 34.5 Å². The van der Waals surface area contributed by atoms with Crippen LogP contribution in [0.15, 0.2) is 47.8 Å². The minimum Gasteiger partial charge on any atom is -0.300 e. The lowest BCUT2D eigenvalue weighted by Gasteiger charge is -2.23. The summed E-state index contributed by atoms with van der Waals surface area (Å²) in [6, 6.07) is 12.0. The van der Waals surface area contributed by atoms with E-state index in [9.17, 15) is 13.2 Å². The number of carbonyl (C=O) groups excluding carboxylic acids is 1. The van der Waals surface area contributed by atoms with E-state index in [0.717, 1.165) is 16.1 Å². The van der Waals surface area contributed by atoms with Gasteiger partial charge in [-0.25, -0.2) is 13.4 Å². The van der Waals surface area contributed by atoms with Gasteiger partial charge in [0.05, 0.1) is 22.7 Å². The third-order valence-corrected chi connectivity index (χ3v) is 6.46. The molecule has 0 aliphatic carbocycles. The molecule has 3 aromatic rings. The standard InChI is InChI=1S/C19H17Cl2N3O3S2/c1-12-5-3-4-6-17(12)24(29(2,26)27)10-18(25)23-19-22-16(11-28-19)14-8-7-13(20)9-15(14)21/h3-9,11H,10H2,1-2H3,(H,22,23,25). The topological polar surface area (TPSA) is 79.4 Å². The van der Waals surface area contributed by atoms with E-state index in [2.05, 4.69) is 10.3 Å². The molecule has 0 aliphatic heterocycles. The van der Waals surface area contributed by atoms with Crippen LogP contribution in [0.1, 0.15) is 5.56 Å². The fourth-order valence-corrected chi connectivity index (χ4v) is 4.81. The molecular formula is C19H17Cl2N3O3S2. The Morgan fingerprint density at radius 2 is 1.93 bits per heavy atom. The van der Waals surface area contributed by atoms with Gasteiger partial charge in [-0.1, -0.05) is 41.4 Å². The van der Waals surface area contributed by atoms with Crippen LogP contribution in [0, 0.1) is 6.92 Å². The molecule has 0 unspecified atom stereocenters. The number of aryl methyl sites for hydroxylation is 1. The zero-order valence-electron chi connectivity index (χ0n) is 15.5. The lowest BCUT2D eigenvalue weighted by atomic mass is 10.2. The van der Waals surface area contributed by atoms with Crippen molar-refractivity contribution in [2.75, 3.05) is 22.4 Å². The van der Waals surface area contributed by atoms with Gasteiger partial charge in [0.15, 0.2) is 5.13 Å². The van der Waals surface area contributed by atoms with Crippen molar-refractivity contribution in [3.05, 3.63) is 63.5 Å². The number of hydrogen-bond donors (Lipinski definition) is 1. The Labute approximate surface area is 183 Å². The largest absolute Gasteiger partial charge is 0.300 e. The van der Waals surface area contributed by atoms with Crippen LogP contribution in [0.4, 0.5) is 10.8 Å². The van der Waals surface area contributed by atoms with Crippen molar-refractivity contribution in [1.29, 1.82) is 0 Å². The summed E-state index contributed by atoms with van der Waals surface area (Å²) in [6.45, 7) is 1.43. The fraction of sp³-hybridized carbons (Fsp3) is 0.158. The number of halogens is 2. The summed E-state index contributed by atoms with van der Waals surface area (Å²) in [5, 5.41) is 5.70. The summed E-state index contributed by atoms with van der Waals surface area (Å²) in [7, 11) is -3.65. The maximum Gasteiger partial charge on any atom is 0.246 e. The highest BCUT2D eigenvalue weighted by molar-refractivity contribution is 7.92. The highest BCUT2D eigenvalue weighted by atomic mass is 35.5. The van der Waals surface area contributed by atoms with E-state index in [4.69, 9.17) is 23.2 Å². The van der Waals surface area contributed by atoms with Crippen LogP contribution in [0.25, 0.3) is 11.3 Å². The molecule has 0 radical (unpaired) electrons. The zero-order valence-corrected chi connectivity index (χ0v) is 18.7. The number of benzene rings is 2. The van der Waals surface area contributed by atoms with E-state index in [1.165, 1.54) is 11.3 Å². The highest BCUT2D eigenvalue weighted by Crippen LogP contribution is 2.32. The van der Waals surface area contributed by atoms with Gasteiger partial charge in [0.25, 0.3) is 0 Å². The van der Waals surface area contributed by atoms with E-state index in [1.54, 1.807) is 54.8 Å². The number of thiazole rings is 1. The molecule has 3 rings (SSSR count). The number of rotatable bonds is 6. The van der Waals surface area contributed by atoms with E-state index < -0.39 is 15.9 Å². The maximum atomic E-state index is 12.5. The monoisotopic (exact) mass is 469 g/mol. The number of nitrogens with one attached hydrogen (secondary N) is 1. The lowest BCUT2D eigenvalue weighted by molar-refractivity contribution is -0.114. The van der Waals surface area contributed by atoms with Crippen molar-refractivity contribution in [3.63, 3.8) is 0 Å². The van der Waals surface area contributed by atoms with Gasteiger partial charge < -0.3 is 5.32 Å². The molecule has 0 spiro atoms. The van der Waals surface area contributed by atoms with Crippen molar-refractivity contribution in [3.8, 4) is 11.3 Å². The van der Waals surface area contributed by atoms with Crippen LogP contribution in [0.5, 0.6) is 0 Å². The predicted octanol–water partition coefficient (Wildman–Crippen LogP) is 4.83. The van der Waals surface area contributed by atoms with Crippen LogP contribution in [0.2, 0.25) is 10.0 Å². The second-order valence-electron chi connectivity index (χ2n) is 6.27. The van der Waals surface area contributed by atoms with Crippen LogP contribution in [0.3, 0.4) is 0 Å². The molecule has 10 heteroatoms. The molecular weight excluding hydrogens is 453 g/mol. The van der Waals surface area contributed by atoms with E-state index in [0.29, 0.717) is 32.1 Å². The van der Waals surface area contributed by atoms with Gasteiger partial charge in [0, 0.05) is 16.0 Å². The van der Waals surface area contributed by atoms with Crippen LogP contribution in [-0.2, 0) is 14.8 Å². The number of aromatic nitrogens is 1. The molecule has 0 fully saturated rings. The lowest BCUT2D eigenvalue weighted by Crippen LogP contribution is -2.37.